The van der Waals surface area contributed by atoms with Crippen LogP contribution >= 0.6 is 0 Å². The Morgan fingerprint density at radius 2 is 1.07 bits per heavy atom. The van der Waals surface area contributed by atoms with Crippen molar-refractivity contribution in [2.45, 2.75) is 33.1 Å². The Balaban J connectivity index is 1.45. The van der Waals surface area contributed by atoms with Crippen molar-refractivity contribution in [3.05, 3.63) is 172 Å². The second kappa shape index (κ2) is 9.92. The van der Waals surface area contributed by atoms with Crippen LogP contribution in [0.3, 0.4) is 0 Å². The maximum Gasteiger partial charge on any atom is 0.227 e. The lowest BCUT2D eigenvalue weighted by molar-refractivity contribution is 0.620. The molecule has 0 atom stereocenters. The molecule has 1 heterocycles. The topological polar surface area (TPSA) is 26.0 Å². The molecule has 0 spiro atoms. The molecule has 0 amide bonds. The molecule has 0 saturated carbocycles. The van der Waals surface area contributed by atoms with Gasteiger partial charge in [-0.15, -0.1) is 0 Å². The molecule has 0 saturated heterocycles. The van der Waals surface area contributed by atoms with Crippen LogP contribution in [-0.2, 0) is 5.41 Å². The molecule has 1 aliphatic carbocycles. The summed E-state index contributed by atoms with van der Waals surface area (Å²) in [5.41, 5.74) is 17.1. The van der Waals surface area contributed by atoms with Crippen molar-refractivity contribution in [2.75, 3.05) is 0 Å². The predicted octanol–water partition coefficient (Wildman–Crippen LogP) is 10.8. The average Bonchev–Trinajstić information content (AvgIpc) is 3.60. The van der Waals surface area contributed by atoms with Crippen molar-refractivity contribution in [1.29, 1.82) is 0 Å². The summed E-state index contributed by atoms with van der Waals surface area (Å²) in [6.45, 7) is 8.59. The largest absolute Gasteiger partial charge is 0.436 e. The molecular weight excluding hydrogens is 534 g/mol. The lowest BCUT2D eigenvalue weighted by Crippen LogP contribution is -2.28. The molecule has 0 unspecified atom stereocenters. The predicted molar refractivity (Wildman–Crippen MR) is 181 cm³/mol. The number of hydrogen-bond acceptors (Lipinski definition) is 2. The SMILES string of the molecule is Cc1ccc(-c2nc3c(-c4cccc5c4-c4ccccc4C5(c4ccc(C)cc4)c4ccc(C)cc4)c(C)ccc3o2)cc1. The minimum Gasteiger partial charge on any atom is -0.436 e. The number of oxazole rings is 1. The van der Waals surface area contributed by atoms with Crippen LogP contribution in [0.25, 0.3) is 44.8 Å². The van der Waals surface area contributed by atoms with Gasteiger partial charge in [0.25, 0.3) is 0 Å². The van der Waals surface area contributed by atoms with Crippen LogP contribution in [0, 0.1) is 27.7 Å². The summed E-state index contributed by atoms with van der Waals surface area (Å²) in [6.07, 6.45) is 0. The third-order valence-corrected chi connectivity index (χ3v) is 9.38. The Morgan fingerprint density at radius 3 is 1.73 bits per heavy atom. The average molecular weight is 568 g/mol. The van der Waals surface area contributed by atoms with Gasteiger partial charge in [-0.05, 0) is 90.4 Å². The Labute approximate surface area is 258 Å². The first-order valence-corrected chi connectivity index (χ1v) is 15.3. The molecule has 7 aromatic rings. The lowest BCUT2D eigenvalue weighted by Gasteiger charge is -2.34. The van der Waals surface area contributed by atoms with E-state index in [-0.39, 0.29) is 0 Å². The van der Waals surface area contributed by atoms with E-state index in [4.69, 9.17) is 9.40 Å². The first-order chi connectivity index (χ1) is 21.4. The van der Waals surface area contributed by atoms with Crippen molar-refractivity contribution < 1.29 is 4.42 Å². The fraction of sp³-hybridized carbons (Fsp3) is 0.119. The second-order valence-electron chi connectivity index (χ2n) is 12.2. The third-order valence-electron chi connectivity index (χ3n) is 9.38. The zero-order chi connectivity index (χ0) is 30.0. The Hall–Kier alpha value is -5.21. The first kappa shape index (κ1) is 26.4. The number of nitrogens with zero attached hydrogens (tertiary/aromatic N) is 1. The van der Waals surface area contributed by atoms with Crippen LogP contribution in [0.15, 0.2) is 132 Å². The molecule has 0 fully saturated rings. The number of aromatic nitrogens is 1. The summed E-state index contributed by atoms with van der Waals surface area (Å²) >= 11 is 0. The van der Waals surface area contributed by atoms with Crippen LogP contribution in [0.2, 0.25) is 0 Å². The van der Waals surface area contributed by atoms with Crippen LogP contribution in [0.5, 0.6) is 0 Å². The molecule has 212 valence electrons. The minimum atomic E-state index is -0.456. The fourth-order valence-electron chi connectivity index (χ4n) is 7.19. The van der Waals surface area contributed by atoms with Gasteiger partial charge in [-0.1, -0.05) is 126 Å². The van der Waals surface area contributed by atoms with E-state index in [0.29, 0.717) is 5.89 Å². The Bertz CT molecular complexity index is 2140. The van der Waals surface area contributed by atoms with Crippen LogP contribution in [0.4, 0.5) is 0 Å². The summed E-state index contributed by atoms with van der Waals surface area (Å²) in [7, 11) is 0. The highest BCUT2D eigenvalue weighted by atomic mass is 16.3. The summed E-state index contributed by atoms with van der Waals surface area (Å²) in [5, 5.41) is 0. The molecule has 0 N–H and O–H groups in total. The highest BCUT2D eigenvalue weighted by Gasteiger charge is 2.47. The van der Waals surface area contributed by atoms with Gasteiger partial charge in [0, 0.05) is 11.1 Å². The standard InChI is InChI=1S/C42H33NO/c1-26-12-19-30(20-13-26)41-43-40-37(44-41)25-18-29(4)38(40)34-9-7-11-36-39(34)33-8-5-6-10-35(33)42(36,31-21-14-27(2)15-22-31)32-23-16-28(3)17-24-32/h5-25H,1-4H3. The summed E-state index contributed by atoms with van der Waals surface area (Å²) in [6, 6.07) is 46.6. The summed E-state index contributed by atoms with van der Waals surface area (Å²) < 4.78 is 6.39. The minimum absolute atomic E-state index is 0.456. The van der Waals surface area contributed by atoms with Gasteiger partial charge in [0.15, 0.2) is 5.58 Å². The van der Waals surface area contributed by atoms with Gasteiger partial charge >= 0.3 is 0 Å². The molecule has 8 rings (SSSR count). The van der Waals surface area contributed by atoms with Crippen molar-refractivity contribution >= 4 is 11.1 Å². The molecule has 6 aromatic carbocycles. The second-order valence-corrected chi connectivity index (χ2v) is 12.2. The van der Waals surface area contributed by atoms with E-state index < -0.39 is 5.41 Å². The Kier molecular flexibility index (Phi) is 5.96. The normalized spacial score (nSPS) is 13.2. The molecule has 1 aromatic heterocycles. The number of benzene rings is 6. The van der Waals surface area contributed by atoms with Crippen molar-refractivity contribution in [3.63, 3.8) is 0 Å². The summed E-state index contributed by atoms with van der Waals surface area (Å²) in [4.78, 5) is 5.14. The van der Waals surface area contributed by atoms with Crippen molar-refractivity contribution in [1.82, 2.24) is 4.98 Å². The van der Waals surface area contributed by atoms with Crippen LogP contribution in [0.1, 0.15) is 44.5 Å². The smallest absolute Gasteiger partial charge is 0.227 e. The maximum absolute atomic E-state index is 6.39. The molecule has 44 heavy (non-hydrogen) atoms. The molecule has 0 aliphatic heterocycles. The van der Waals surface area contributed by atoms with E-state index in [9.17, 15) is 0 Å². The van der Waals surface area contributed by atoms with E-state index in [1.807, 2.05) is 0 Å². The summed E-state index contributed by atoms with van der Waals surface area (Å²) in [5.74, 6) is 0.647. The first-order valence-electron chi connectivity index (χ1n) is 15.3. The van der Waals surface area contributed by atoms with E-state index in [2.05, 4.69) is 155 Å². The number of aryl methyl sites for hydroxylation is 4. The maximum atomic E-state index is 6.39. The number of hydrogen-bond donors (Lipinski definition) is 0. The number of rotatable bonds is 4. The van der Waals surface area contributed by atoms with Crippen molar-refractivity contribution in [2.24, 2.45) is 0 Å². The highest BCUT2D eigenvalue weighted by molar-refractivity contribution is 6.02. The van der Waals surface area contributed by atoms with E-state index in [0.717, 1.165) is 22.2 Å². The molecule has 2 heteroatoms. The molecule has 0 radical (unpaired) electrons. The Morgan fingerprint density at radius 1 is 0.500 bits per heavy atom. The van der Waals surface area contributed by atoms with Gasteiger partial charge in [-0.25, -0.2) is 4.98 Å². The zero-order valence-corrected chi connectivity index (χ0v) is 25.5. The molecule has 2 nitrogen and oxygen atoms in total. The lowest BCUT2D eigenvalue weighted by atomic mass is 9.67. The van der Waals surface area contributed by atoms with Crippen LogP contribution < -0.4 is 0 Å². The van der Waals surface area contributed by atoms with Crippen LogP contribution in [-0.4, -0.2) is 4.98 Å². The quantitative estimate of drug-likeness (QED) is 0.211. The van der Waals surface area contributed by atoms with Gasteiger partial charge in [-0.2, -0.15) is 0 Å². The van der Waals surface area contributed by atoms with Gasteiger partial charge in [0.2, 0.25) is 5.89 Å². The highest BCUT2D eigenvalue weighted by Crippen LogP contribution is 2.58. The van der Waals surface area contributed by atoms with Gasteiger partial charge in [0.05, 0.1) is 5.41 Å². The van der Waals surface area contributed by atoms with E-state index >= 15 is 0 Å². The van der Waals surface area contributed by atoms with E-state index in [1.165, 1.54) is 61.2 Å². The van der Waals surface area contributed by atoms with Gasteiger partial charge < -0.3 is 4.42 Å². The molecular formula is C42H33NO. The van der Waals surface area contributed by atoms with Crippen molar-refractivity contribution in [3.8, 4) is 33.7 Å². The zero-order valence-electron chi connectivity index (χ0n) is 25.5. The monoisotopic (exact) mass is 567 g/mol. The number of fused-ring (bicyclic) bond motifs is 4. The van der Waals surface area contributed by atoms with E-state index in [1.54, 1.807) is 0 Å². The molecule has 0 bridgehead atoms. The fourth-order valence-corrected chi connectivity index (χ4v) is 7.19. The van der Waals surface area contributed by atoms with Gasteiger partial charge in [-0.3, -0.25) is 0 Å². The third kappa shape index (κ3) is 3.84. The van der Waals surface area contributed by atoms with Gasteiger partial charge in [0.1, 0.15) is 5.52 Å². The molecule has 1 aliphatic rings.